The first-order valence-electron chi connectivity index (χ1n) is 6.16. The van der Waals surface area contributed by atoms with E-state index in [0.29, 0.717) is 0 Å². The van der Waals surface area contributed by atoms with E-state index in [2.05, 4.69) is 17.2 Å². The Hall–Kier alpha value is -1.81. The second-order valence-electron chi connectivity index (χ2n) is 4.88. The van der Waals surface area contributed by atoms with Crippen LogP contribution < -0.4 is 10.5 Å². The van der Waals surface area contributed by atoms with Crippen LogP contribution in [0.1, 0.15) is 18.1 Å². The van der Waals surface area contributed by atoms with Gasteiger partial charge in [-0.25, -0.2) is 0 Å². The highest BCUT2D eigenvalue weighted by molar-refractivity contribution is 5.74. The first-order valence-corrected chi connectivity index (χ1v) is 6.16. The number of hydrogen-bond donors (Lipinski definition) is 1. The minimum absolute atomic E-state index is 0.108. The van der Waals surface area contributed by atoms with Crippen LogP contribution in [0, 0.1) is 0 Å². The SMILES string of the molecule is COc1ccc2c(c1)Cc1cnn(C[C@H](C)N)c1-2. The molecule has 0 saturated carbocycles. The summed E-state index contributed by atoms with van der Waals surface area (Å²) in [4.78, 5) is 0. The molecule has 0 aliphatic heterocycles. The van der Waals surface area contributed by atoms with Gasteiger partial charge in [-0.1, -0.05) is 0 Å². The molecule has 0 fully saturated rings. The lowest BCUT2D eigenvalue weighted by Crippen LogP contribution is -2.23. The molecule has 0 spiro atoms. The molecule has 0 amide bonds. The number of rotatable bonds is 3. The summed E-state index contributed by atoms with van der Waals surface area (Å²) in [6, 6.07) is 6.32. The van der Waals surface area contributed by atoms with Crippen molar-refractivity contribution in [2.45, 2.75) is 25.9 Å². The van der Waals surface area contributed by atoms with E-state index >= 15 is 0 Å². The molecule has 0 bridgehead atoms. The average Bonchev–Trinajstić information content (AvgIpc) is 2.87. The molecule has 2 aromatic rings. The van der Waals surface area contributed by atoms with E-state index in [4.69, 9.17) is 10.5 Å². The van der Waals surface area contributed by atoms with Gasteiger partial charge in [-0.3, -0.25) is 4.68 Å². The number of aromatic nitrogens is 2. The Morgan fingerprint density at radius 3 is 3.00 bits per heavy atom. The predicted molar refractivity (Wildman–Crippen MR) is 70.7 cm³/mol. The first kappa shape index (κ1) is 11.3. The van der Waals surface area contributed by atoms with Gasteiger partial charge in [0, 0.05) is 23.6 Å². The summed E-state index contributed by atoms with van der Waals surface area (Å²) in [7, 11) is 1.70. The Balaban J connectivity index is 2.05. The second kappa shape index (κ2) is 4.14. The number of methoxy groups -OCH3 is 1. The minimum Gasteiger partial charge on any atom is -0.497 e. The van der Waals surface area contributed by atoms with Crippen molar-refractivity contribution < 1.29 is 4.74 Å². The Labute approximate surface area is 106 Å². The van der Waals surface area contributed by atoms with Crippen LogP contribution in [0.4, 0.5) is 0 Å². The molecule has 0 radical (unpaired) electrons. The number of benzene rings is 1. The van der Waals surface area contributed by atoms with E-state index in [1.807, 2.05) is 23.9 Å². The van der Waals surface area contributed by atoms with Crippen molar-refractivity contribution in [2.75, 3.05) is 7.11 Å². The van der Waals surface area contributed by atoms with Gasteiger partial charge in [0.25, 0.3) is 0 Å². The third-order valence-electron chi connectivity index (χ3n) is 3.32. The van der Waals surface area contributed by atoms with Gasteiger partial charge >= 0.3 is 0 Å². The highest BCUT2D eigenvalue weighted by Gasteiger charge is 2.23. The lowest BCUT2D eigenvalue weighted by atomic mass is 10.1. The first-order chi connectivity index (χ1) is 8.69. The summed E-state index contributed by atoms with van der Waals surface area (Å²) in [6.07, 6.45) is 2.88. The molecule has 3 rings (SSSR count). The van der Waals surface area contributed by atoms with E-state index in [1.54, 1.807) is 7.11 Å². The topological polar surface area (TPSA) is 53.1 Å². The molecule has 4 nitrogen and oxygen atoms in total. The summed E-state index contributed by atoms with van der Waals surface area (Å²) in [5, 5.41) is 4.42. The van der Waals surface area contributed by atoms with Gasteiger partial charge in [0.15, 0.2) is 0 Å². The molecule has 4 heteroatoms. The molecule has 0 saturated heterocycles. The molecular formula is C14H17N3O. The molecule has 1 heterocycles. The van der Waals surface area contributed by atoms with E-state index in [1.165, 1.54) is 22.4 Å². The summed E-state index contributed by atoms with van der Waals surface area (Å²) >= 11 is 0. The summed E-state index contributed by atoms with van der Waals surface area (Å²) in [5.74, 6) is 0.908. The maximum absolute atomic E-state index is 5.86. The molecular weight excluding hydrogens is 226 g/mol. The van der Waals surface area contributed by atoms with Gasteiger partial charge in [-0.05, 0) is 30.7 Å². The average molecular weight is 243 g/mol. The van der Waals surface area contributed by atoms with Crippen LogP contribution in [-0.4, -0.2) is 22.9 Å². The Bertz CT molecular complexity index is 587. The highest BCUT2D eigenvalue weighted by atomic mass is 16.5. The maximum atomic E-state index is 5.86. The van der Waals surface area contributed by atoms with Gasteiger partial charge in [0.1, 0.15) is 5.75 Å². The predicted octanol–water partition coefficient (Wildman–Crippen LogP) is 1.81. The lowest BCUT2D eigenvalue weighted by molar-refractivity contribution is 0.414. The maximum Gasteiger partial charge on any atom is 0.119 e. The minimum atomic E-state index is 0.108. The van der Waals surface area contributed by atoms with Crippen LogP contribution in [0.15, 0.2) is 24.4 Å². The van der Waals surface area contributed by atoms with Crippen LogP contribution in [0.25, 0.3) is 11.3 Å². The molecule has 2 N–H and O–H groups in total. The van der Waals surface area contributed by atoms with E-state index in [9.17, 15) is 0 Å². The van der Waals surface area contributed by atoms with Crippen molar-refractivity contribution in [3.8, 4) is 17.0 Å². The normalized spacial score (nSPS) is 14.2. The standard InChI is InChI=1S/C14H17N3O/c1-9(15)8-17-14-11(7-16-17)5-10-6-12(18-2)3-4-13(10)14/h3-4,6-7,9H,5,8,15H2,1-2H3/t9-/m0/s1. The Morgan fingerprint density at radius 2 is 2.28 bits per heavy atom. The van der Waals surface area contributed by atoms with Crippen LogP contribution in [-0.2, 0) is 13.0 Å². The fraction of sp³-hybridized carbons (Fsp3) is 0.357. The van der Waals surface area contributed by atoms with Crippen LogP contribution in [0.2, 0.25) is 0 Å². The fourth-order valence-corrected chi connectivity index (χ4v) is 2.56. The summed E-state index contributed by atoms with van der Waals surface area (Å²) < 4.78 is 7.28. The molecule has 1 aliphatic rings. The van der Waals surface area contributed by atoms with Crippen LogP contribution in [0.3, 0.4) is 0 Å². The fourth-order valence-electron chi connectivity index (χ4n) is 2.56. The van der Waals surface area contributed by atoms with E-state index < -0.39 is 0 Å². The Morgan fingerprint density at radius 1 is 1.44 bits per heavy atom. The molecule has 1 aromatic carbocycles. The zero-order valence-electron chi connectivity index (χ0n) is 10.7. The quantitative estimate of drug-likeness (QED) is 0.763. The summed E-state index contributed by atoms with van der Waals surface area (Å²) in [5.41, 5.74) is 10.9. The van der Waals surface area contributed by atoms with Crippen molar-refractivity contribution in [3.05, 3.63) is 35.5 Å². The molecule has 94 valence electrons. The monoisotopic (exact) mass is 243 g/mol. The zero-order chi connectivity index (χ0) is 12.7. The lowest BCUT2D eigenvalue weighted by Gasteiger charge is -2.10. The number of nitrogens with zero attached hydrogens (tertiary/aromatic N) is 2. The Kier molecular flexibility index (Phi) is 2.59. The van der Waals surface area contributed by atoms with Crippen LogP contribution >= 0.6 is 0 Å². The van der Waals surface area contributed by atoms with Gasteiger partial charge < -0.3 is 10.5 Å². The van der Waals surface area contributed by atoms with Crippen molar-refractivity contribution in [3.63, 3.8) is 0 Å². The van der Waals surface area contributed by atoms with Crippen molar-refractivity contribution in [1.82, 2.24) is 9.78 Å². The van der Waals surface area contributed by atoms with E-state index in [0.717, 1.165) is 18.7 Å². The molecule has 1 atom stereocenters. The van der Waals surface area contributed by atoms with E-state index in [-0.39, 0.29) is 6.04 Å². The van der Waals surface area contributed by atoms with Crippen molar-refractivity contribution >= 4 is 0 Å². The van der Waals surface area contributed by atoms with Gasteiger partial charge in [-0.15, -0.1) is 0 Å². The highest BCUT2D eigenvalue weighted by Crippen LogP contribution is 2.38. The number of fused-ring (bicyclic) bond motifs is 3. The number of nitrogens with two attached hydrogens (primary N) is 1. The van der Waals surface area contributed by atoms with Crippen LogP contribution in [0.5, 0.6) is 5.75 Å². The third kappa shape index (κ3) is 1.69. The third-order valence-corrected chi connectivity index (χ3v) is 3.32. The largest absolute Gasteiger partial charge is 0.497 e. The summed E-state index contributed by atoms with van der Waals surface area (Å²) in [6.45, 7) is 2.75. The zero-order valence-corrected chi connectivity index (χ0v) is 10.7. The number of ether oxygens (including phenoxy) is 1. The van der Waals surface area contributed by atoms with Gasteiger partial charge in [-0.2, -0.15) is 5.10 Å². The molecule has 1 aromatic heterocycles. The number of hydrogen-bond acceptors (Lipinski definition) is 3. The van der Waals surface area contributed by atoms with Crippen molar-refractivity contribution in [2.24, 2.45) is 5.73 Å². The second-order valence-corrected chi connectivity index (χ2v) is 4.88. The van der Waals surface area contributed by atoms with Gasteiger partial charge in [0.2, 0.25) is 0 Å². The molecule has 1 aliphatic carbocycles. The molecule has 0 unspecified atom stereocenters. The smallest absolute Gasteiger partial charge is 0.119 e. The molecule has 18 heavy (non-hydrogen) atoms. The van der Waals surface area contributed by atoms with Crippen molar-refractivity contribution in [1.29, 1.82) is 0 Å². The van der Waals surface area contributed by atoms with Gasteiger partial charge in [0.05, 0.1) is 25.5 Å².